The number of pyridine rings is 1. The number of aryl methyl sites for hydroxylation is 1. The van der Waals surface area contributed by atoms with Gasteiger partial charge in [-0.25, -0.2) is 5.43 Å². The number of carbonyl (C=O) groups excluding carboxylic acids is 2. The molecule has 1 aromatic carbocycles. The SMILES string of the molecule is Cc1ccc(C(=O)Nc2nnc(CC(=O)N/N=C\c3ccncc3)s2)cc1. The number of rotatable bonds is 6. The first-order chi connectivity index (χ1) is 13.1. The summed E-state index contributed by atoms with van der Waals surface area (Å²) in [5.41, 5.74) is 4.84. The lowest BCUT2D eigenvalue weighted by Gasteiger charge is -2.01. The zero-order chi connectivity index (χ0) is 19.1. The number of nitrogens with zero attached hydrogens (tertiary/aromatic N) is 4. The molecule has 0 aliphatic carbocycles. The molecule has 0 unspecified atom stereocenters. The Labute approximate surface area is 159 Å². The third-order valence-electron chi connectivity index (χ3n) is 3.42. The van der Waals surface area contributed by atoms with Crippen LogP contribution in [-0.2, 0) is 11.2 Å². The molecule has 0 radical (unpaired) electrons. The van der Waals surface area contributed by atoms with E-state index in [-0.39, 0.29) is 18.2 Å². The molecule has 0 atom stereocenters. The van der Waals surface area contributed by atoms with E-state index in [1.807, 2.05) is 19.1 Å². The van der Waals surface area contributed by atoms with Crippen molar-refractivity contribution in [3.63, 3.8) is 0 Å². The highest BCUT2D eigenvalue weighted by atomic mass is 32.1. The van der Waals surface area contributed by atoms with Gasteiger partial charge in [-0.2, -0.15) is 5.10 Å². The summed E-state index contributed by atoms with van der Waals surface area (Å²) in [6.07, 6.45) is 4.81. The van der Waals surface area contributed by atoms with Crippen molar-refractivity contribution in [2.75, 3.05) is 5.32 Å². The monoisotopic (exact) mass is 380 g/mol. The van der Waals surface area contributed by atoms with E-state index in [1.54, 1.807) is 36.7 Å². The van der Waals surface area contributed by atoms with Crippen molar-refractivity contribution in [3.05, 3.63) is 70.5 Å². The van der Waals surface area contributed by atoms with E-state index in [9.17, 15) is 9.59 Å². The summed E-state index contributed by atoms with van der Waals surface area (Å²) in [5.74, 6) is -0.600. The predicted molar refractivity (Wildman–Crippen MR) is 103 cm³/mol. The highest BCUT2D eigenvalue weighted by molar-refractivity contribution is 7.15. The number of carbonyl (C=O) groups is 2. The molecule has 0 saturated carbocycles. The van der Waals surface area contributed by atoms with Crippen LogP contribution in [0.2, 0.25) is 0 Å². The molecule has 0 aliphatic heterocycles. The number of nitrogens with one attached hydrogen (secondary N) is 2. The van der Waals surface area contributed by atoms with E-state index in [1.165, 1.54) is 6.21 Å². The van der Waals surface area contributed by atoms with Gasteiger partial charge in [-0.3, -0.25) is 19.9 Å². The summed E-state index contributed by atoms with van der Waals surface area (Å²) >= 11 is 1.14. The van der Waals surface area contributed by atoms with Crippen LogP contribution in [0.4, 0.5) is 5.13 Å². The Morgan fingerprint density at radius 3 is 2.59 bits per heavy atom. The Balaban J connectivity index is 1.51. The van der Waals surface area contributed by atoms with Crippen LogP contribution in [0.3, 0.4) is 0 Å². The van der Waals surface area contributed by atoms with E-state index in [2.05, 4.69) is 31.0 Å². The molecule has 2 amide bonds. The molecule has 0 bridgehead atoms. The van der Waals surface area contributed by atoms with E-state index >= 15 is 0 Å². The Morgan fingerprint density at radius 1 is 1.11 bits per heavy atom. The van der Waals surface area contributed by atoms with E-state index in [4.69, 9.17) is 0 Å². The number of benzene rings is 1. The summed E-state index contributed by atoms with van der Waals surface area (Å²) < 4.78 is 0. The molecule has 0 saturated heterocycles. The van der Waals surface area contributed by atoms with E-state index < -0.39 is 0 Å². The van der Waals surface area contributed by atoms with Crippen molar-refractivity contribution in [2.45, 2.75) is 13.3 Å². The largest absolute Gasteiger partial charge is 0.296 e. The second kappa shape index (κ2) is 8.77. The summed E-state index contributed by atoms with van der Waals surface area (Å²) in [7, 11) is 0. The molecule has 0 aliphatic rings. The van der Waals surface area contributed by atoms with Crippen LogP contribution < -0.4 is 10.7 Å². The minimum atomic E-state index is -0.326. The fourth-order valence-corrected chi connectivity index (χ4v) is 2.79. The zero-order valence-electron chi connectivity index (χ0n) is 14.4. The van der Waals surface area contributed by atoms with Gasteiger partial charge in [0.15, 0.2) is 0 Å². The average molecular weight is 380 g/mol. The first-order valence-corrected chi connectivity index (χ1v) is 8.84. The second-order valence-corrected chi connectivity index (χ2v) is 6.63. The van der Waals surface area contributed by atoms with Crippen LogP contribution >= 0.6 is 11.3 Å². The molecule has 2 heterocycles. The average Bonchev–Trinajstić information content (AvgIpc) is 3.09. The van der Waals surface area contributed by atoms with Crippen molar-refractivity contribution in [2.24, 2.45) is 5.10 Å². The quantitative estimate of drug-likeness (QED) is 0.503. The van der Waals surface area contributed by atoms with Crippen molar-refractivity contribution < 1.29 is 9.59 Å². The Kier molecular flexibility index (Phi) is 5.95. The fraction of sp³-hybridized carbons (Fsp3) is 0.111. The molecule has 0 spiro atoms. The Hall–Kier alpha value is -3.46. The lowest BCUT2D eigenvalue weighted by atomic mass is 10.1. The highest BCUT2D eigenvalue weighted by Crippen LogP contribution is 2.17. The lowest BCUT2D eigenvalue weighted by Crippen LogP contribution is -2.19. The highest BCUT2D eigenvalue weighted by Gasteiger charge is 2.12. The van der Waals surface area contributed by atoms with Gasteiger partial charge in [0.25, 0.3) is 5.91 Å². The molecule has 0 fully saturated rings. The van der Waals surface area contributed by atoms with Crippen LogP contribution in [0.1, 0.15) is 26.5 Å². The zero-order valence-corrected chi connectivity index (χ0v) is 15.2. The minimum absolute atomic E-state index is 0.0196. The van der Waals surface area contributed by atoms with Crippen molar-refractivity contribution in [1.29, 1.82) is 0 Å². The maximum Gasteiger partial charge on any atom is 0.257 e. The second-order valence-electron chi connectivity index (χ2n) is 5.57. The Morgan fingerprint density at radius 2 is 1.85 bits per heavy atom. The molecule has 27 heavy (non-hydrogen) atoms. The Bertz CT molecular complexity index is 953. The molecule has 3 aromatic rings. The van der Waals surface area contributed by atoms with E-state index in [0.29, 0.717) is 15.7 Å². The standard InChI is InChI=1S/C18H16N6O2S/c1-12-2-4-14(5-3-12)17(26)21-18-24-23-16(27-18)10-15(25)22-20-11-13-6-8-19-9-7-13/h2-9,11H,10H2,1H3,(H,22,25)(H,21,24,26)/b20-11-. The summed E-state index contributed by atoms with van der Waals surface area (Å²) in [5, 5.41) is 15.2. The molecule has 9 heteroatoms. The van der Waals surface area contributed by atoms with Crippen LogP contribution in [0.25, 0.3) is 0 Å². The van der Waals surface area contributed by atoms with Crippen LogP contribution in [0.5, 0.6) is 0 Å². The minimum Gasteiger partial charge on any atom is -0.296 e. The van der Waals surface area contributed by atoms with Gasteiger partial charge in [-0.05, 0) is 36.8 Å². The van der Waals surface area contributed by atoms with Gasteiger partial charge in [0.05, 0.1) is 12.6 Å². The van der Waals surface area contributed by atoms with Crippen molar-refractivity contribution in [3.8, 4) is 0 Å². The van der Waals surface area contributed by atoms with Gasteiger partial charge in [0.1, 0.15) is 5.01 Å². The lowest BCUT2D eigenvalue weighted by molar-refractivity contribution is -0.120. The number of hydrogen-bond acceptors (Lipinski definition) is 7. The third kappa shape index (κ3) is 5.51. The first-order valence-electron chi connectivity index (χ1n) is 8.02. The normalized spacial score (nSPS) is 10.7. The third-order valence-corrected chi connectivity index (χ3v) is 4.26. The van der Waals surface area contributed by atoms with Crippen molar-refractivity contribution in [1.82, 2.24) is 20.6 Å². The molecule has 2 aromatic heterocycles. The van der Waals surface area contributed by atoms with Crippen LogP contribution in [-0.4, -0.2) is 33.2 Å². The van der Waals surface area contributed by atoms with Crippen LogP contribution in [0, 0.1) is 6.92 Å². The van der Waals surface area contributed by atoms with Crippen molar-refractivity contribution >= 4 is 34.5 Å². The van der Waals surface area contributed by atoms with Gasteiger partial charge >= 0.3 is 0 Å². The van der Waals surface area contributed by atoms with E-state index in [0.717, 1.165) is 22.5 Å². The van der Waals surface area contributed by atoms with Gasteiger partial charge in [0.2, 0.25) is 11.0 Å². The smallest absolute Gasteiger partial charge is 0.257 e. The van der Waals surface area contributed by atoms with Gasteiger partial charge in [-0.1, -0.05) is 29.0 Å². The number of hydrogen-bond donors (Lipinski definition) is 2. The first kappa shape index (κ1) is 18.3. The molecular weight excluding hydrogens is 364 g/mol. The van der Waals surface area contributed by atoms with Gasteiger partial charge in [-0.15, -0.1) is 10.2 Å². The predicted octanol–water partition coefficient (Wildman–Crippen LogP) is 2.19. The molecule has 3 rings (SSSR count). The van der Waals surface area contributed by atoms with Crippen LogP contribution in [0.15, 0.2) is 53.9 Å². The molecule has 2 N–H and O–H groups in total. The summed E-state index contributed by atoms with van der Waals surface area (Å²) in [6.45, 7) is 1.95. The topological polar surface area (TPSA) is 109 Å². The number of amides is 2. The molecule has 136 valence electrons. The number of anilines is 1. The summed E-state index contributed by atoms with van der Waals surface area (Å²) in [4.78, 5) is 28.0. The number of aromatic nitrogens is 3. The maximum atomic E-state index is 12.2. The fourth-order valence-electron chi connectivity index (χ4n) is 2.05. The number of hydrazone groups is 1. The maximum absolute atomic E-state index is 12.2. The van der Waals surface area contributed by atoms with Gasteiger partial charge < -0.3 is 0 Å². The van der Waals surface area contributed by atoms with Gasteiger partial charge in [0, 0.05) is 18.0 Å². The molecule has 8 nitrogen and oxygen atoms in total. The summed E-state index contributed by atoms with van der Waals surface area (Å²) in [6, 6.07) is 10.7. The molecular formula is C18H16N6O2S.